The van der Waals surface area contributed by atoms with Crippen LogP contribution in [0.5, 0.6) is 5.75 Å². The highest BCUT2D eigenvalue weighted by Gasteiger charge is 2.35. The molecule has 0 saturated heterocycles. The molecular weight excluding hydrogens is 385 g/mol. The molecule has 1 aliphatic rings. The topological polar surface area (TPSA) is 64.4 Å². The fraction of sp³-hybridized carbons (Fsp3) is 0.238. The number of alkyl halides is 3. The molecular formula is C21H17F3N2O3. The maximum atomic E-state index is 13.4. The SMILES string of the molecule is Cc1ncoc1C(=O)NCC1Cc2cccc(-c3ccccc3C(F)(F)F)c2O1. The molecule has 3 aromatic rings. The van der Waals surface area contributed by atoms with Crippen LogP contribution < -0.4 is 10.1 Å². The Morgan fingerprint density at radius 2 is 1.93 bits per heavy atom. The van der Waals surface area contributed by atoms with Crippen LogP contribution in [0.25, 0.3) is 11.1 Å². The van der Waals surface area contributed by atoms with Crippen LogP contribution >= 0.6 is 0 Å². The van der Waals surface area contributed by atoms with Crippen LogP contribution in [0.1, 0.15) is 27.4 Å². The summed E-state index contributed by atoms with van der Waals surface area (Å²) in [5.74, 6) is 0.127. The number of aromatic nitrogens is 1. The van der Waals surface area contributed by atoms with Crippen molar-refractivity contribution in [1.82, 2.24) is 10.3 Å². The molecule has 0 radical (unpaired) electrons. The number of carbonyl (C=O) groups excluding carboxylic acids is 1. The van der Waals surface area contributed by atoms with Crippen molar-refractivity contribution in [3.63, 3.8) is 0 Å². The van der Waals surface area contributed by atoms with Crippen LogP contribution in [0.15, 0.2) is 53.3 Å². The quantitative estimate of drug-likeness (QED) is 0.703. The third-order valence-corrected chi connectivity index (χ3v) is 4.79. The van der Waals surface area contributed by atoms with Gasteiger partial charge in [0, 0.05) is 12.0 Å². The number of fused-ring (bicyclic) bond motifs is 1. The van der Waals surface area contributed by atoms with Gasteiger partial charge in [0.15, 0.2) is 6.39 Å². The summed E-state index contributed by atoms with van der Waals surface area (Å²) in [5.41, 5.74) is 1.02. The van der Waals surface area contributed by atoms with Crippen LogP contribution in [0.2, 0.25) is 0 Å². The number of rotatable bonds is 4. The summed E-state index contributed by atoms with van der Waals surface area (Å²) in [6.45, 7) is 1.85. The Balaban J connectivity index is 1.55. The highest BCUT2D eigenvalue weighted by atomic mass is 19.4. The summed E-state index contributed by atoms with van der Waals surface area (Å²) in [6.07, 6.45) is -3.19. The maximum absolute atomic E-state index is 13.4. The second-order valence-corrected chi connectivity index (χ2v) is 6.76. The van der Waals surface area contributed by atoms with Gasteiger partial charge in [-0.15, -0.1) is 0 Å². The van der Waals surface area contributed by atoms with Crippen molar-refractivity contribution in [2.45, 2.75) is 25.6 Å². The first-order valence-corrected chi connectivity index (χ1v) is 8.98. The number of halogens is 3. The highest BCUT2D eigenvalue weighted by Crippen LogP contribution is 2.43. The number of amides is 1. The van der Waals surface area contributed by atoms with E-state index in [1.165, 1.54) is 18.5 Å². The lowest BCUT2D eigenvalue weighted by Gasteiger charge is -2.16. The number of aryl methyl sites for hydroxylation is 1. The lowest BCUT2D eigenvalue weighted by atomic mass is 9.96. The van der Waals surface area contributed by atoms with Gasteiger partial charge in [0.25, 0.3) is 5.91 Å². The summed E-state index contributed by atoms with van der Waals surface area (Å²) in [4.78, 5) is 16.0. The molecule has 29 heavy (non-hydrogen) atoms. The predicted octanol–water partition coefficient (Wildman–Crippen LogP) is 4.40. The van der Waals surface area contributed by atoms with Crippen molar-refractivity contribution < 1.29 is 27.1 Å². The summed E-state index contributed by atoms with van der Waals surface area (Å²) >= 11 is 0. The zero-order valence-corrected chi connectivity index (χ0v) is 15.4. The summed E-state index contributed by atoms with van der Waals surface area (Å²) in [5, 5.41) is 2.72. The van der Waals surface area contributed by atoms with Crippen molar-refractivity contribution >= 4 is 5.91 Å². The van der Waals surface area contributed by atoms with Gasteiger partial charge >= 0.3 is 6.18 Å². The van der Waals surface area contributed by atoms with Crippen LogP contribution in [0.3, 0.4) is 0 Å². The lowest BCUT2D eigenvalue weighted by Crippen LogP contribution is -2.34. The largest absolute Gasteiger partial charge is 0.487 e. The minimum atomic E-state index is -4.47. The van der Waals surface area contributed by atoms with E-state index in [-0.39, 0.29) is 17.9 Å². The number of ether oxygens (including phenoxy) is 1. The van der Waals surface area contributed by atoms with E-state index in [0.29, 0.717) is 23.4 Å². The van der Waals surface area contributed by atoms with Crippen LogP contribution in [-0.2, 0) is 12.6 Å². The van der Waals surface area contributed by atoms with Crippen molar-refractivity contribution in [3.8, 4) is 16.9 Å². The molecule has 1 aromatic heterocycles. The Labute approximate surface area is 164 Å². The van der Waals surface area contributed by atoms with Crippen molar-refractivity contribution in [2.24, 2.45) is 0 Å². The lowest BCUT2D eigenvalue weighted by molar-refractivity contribution is -0.137. The molecule has 0 spiro atoms. The number of oxazole rings is 1. The van der Waals surface area contributed by atoms with E-state index in [1.807, 2.05) is 6.07 Å². The summed E-state index contributed by atoms with van der Waals surface area (Å²) in [7, 11) is 0. The summed E-state index contributed by atoms with van der Waals surface area (Å²) < 4.78 is 51.3. The maximum Gasteiger partial charge on any atom is 0.417 e. The molecule has 8 heteroatoms. The summed E-state index contributed by atoms with van der Waals surface area (Å²) in [6, 6.07) is 10.6. The van der Waals surface area contributed by atoms with Gasteiger partial charge in [-0.1, -0.05) is 36.4 Å². The van der Waals surface area contributed by atoms with E-state index in [0.717, 1.165) is 11.6 Å². The van der Waals surface area contributed by atoms with E-state index < -0.39 is 23.8 Å². The Morgan fingerprint density at radius 1 is 1.17 bits per heavy atom. The fourth-order valence-corrected chi connectivity index (χ4v) is 3.44. The van der Waals surface area contributed by atoms with E-state index in [4.69, 9.17) is 9.15 Å². The van der Waals surface area contributed by atoms with E-state index in [9.17, 15) is 18.0 Å². The molecule has 1 unspecified atom stereocenters. The smallest absolute Gasteiger partial charge is 0.417 e. The predicted molar refractivity (Wildman–Crippen MR) is 98.6 cm³/mol. The van der Waals surface area contributed by atoms with Crippen molar-refractivity contribution in [2.75, 3.05) is 6.54 Å². The molecule has 1 aliphatic heterocycles. The number of hydrogen-bond donors (Lipinski definition) is 1. The number of para-hydroxylation sites is 1. The van der Waals surface area contributed by atoms with Gasteiger partial charge in [-0.2, -0.15) is 13.2 Å². The van der Waals surface area contributed by atoms with Crippen LogP contribution in [0.4, 0.5) is 13.2 Å². The molecule has 4 rings (SSSR count). The minimum absolute atomic E-state index is 0.0684. The molecule has 1 atom stereocenters. The van der Waals surface area contributed by atoms with Crippen LogP contribution in [-0.4, -0.2) is 23.5 Å². The zero-order valence-electron chi connectivity index (χ0n) is 15.4. The van der Waals surface area contributed by atoms with Crippen molar-refractivity contribution in [1.29, 1.82) is 0 Å². The van der Waals surface area contributed by atoms with Gasteiger partial charge in [-0.25, -0.2) is 4.98 Å². The number of nitrogens with one attached hydrogen (secondary N) is 1. The van der Waals surface area contributed by atoms with Gasteiger partial charge in [-0.3, -0.25) is 4.79 Å². The van der Waals surface area contributed by atoms with Gasteiger partial charge < -0.3 is 14.5 Å². The van der Waals surface area contributed by atoms with Crippen molar-refractivity contribution in [3.05, 3.63) is 71.4 Å². The second-order valence-electron chi connectivity index (χ2n) is 6.76. The molecule has 0 bridgehead atoms. The molecule has 0 aliphatic carbocycles. The van der Waals surface area contributed by atoms with E-state index in [2.05, 4.69) is 10.3 Å². The number of carbonyl (C=O) groups is 1. The first kappa shape index (κ1) is 19.0. The molecule has 1 amide bonds. The monoisotopic (exact) mass is 402 g/mol. The molecule has 150 valence electrons. The average Bonchev–Trinajstić information content (AvgIpc) is 3.31. The molecule has 5 nitrogen and oxygen atoms in total. The van der Waals surface area contributed by atoms with Gasteiger partial charge in [-0.05, 0) is 24.1 Å². The zero-order chi connectivity index (χ0) is 20.6. The van der Waals surface area contributed by atoms with Gasteiger partial charge in [0.05, 0.1) is 17.8 Å². The Kier molecular flexibility index (Phi) is 4.77. The van der Waals surface area contributed by atoms with E-state index >= 15 is 0 Å². The number of nitrogens with zero attached hydrogens (tertiary/aromatic N) is 1. The first-order chi connectivity index (χ1) is 13.8. The molecule has 2 aromatic carbocycles. The molecule has 0 saturated carbocycles. The number of hydrogen-bond acceptors (Lipinski definition) is 4. The molecule has 2 heterocycles. The minimum Gasteiger partial charge on any atom is -0.487 e. The normalized spacial score (nSPS) is 15.7. The van der Waals surface area contributed by atoms with Crippen LogP contribution in [0, 0.1) is 6.92 Å². The average molecular weight is 402 g/mol. The Bertz CT molecular complexity index is 1060. The fourth-order valence-electron chi connectivity index (χ4n) is 3.44. The highest BCUT2D eigenvalue weighted by molar-refractivity contribution is 5.92. The van der Waals surface area contributed by atoms with Gasteiger partial charge in [0.1, 0.15) is 11.9 Å². The molecule has 1 N–H and O–H groups in total. The standard InChI is InChI=1S/C21H17F3N2O3/c1-12-18(28-11-26-12)20(27)25-10-14-9-13-5-4-7-16(19(13)29-14)15-6-2-3-8-17(15)21(22,23)24/h2-8,11,14H,9-10H2,1H3,(H,25,27). The van der Waals surface area contributed by atoms with E-state index in [1.54, 1.807) is 25.1 Å². The first-order valence-electron chi connectivity index (χ1n) is 8.98. The third kappa shape index (κ3) is 3.70. The Morgan fingerprint density at radius 3 is 2.66 bits per heavy atom. The second kappa shape index (κ2) is 7.27. The van der Waals surface area contributed by atoms with Gasteiger partial charge in [0.2, 0.25) is 5.76 Å². The number of benzene rings is 2. The Hall–Kier alpha value is -3.29. The third-order valence-electron chi connectivity index (χ3n) is 4.79. The molecule has 0 fully saturated rings.